The second-order valence-electron chi connectivity index (χ2n) is 6.53. The van der Waals surface area contributed by atoms with Crippen LogP contribution in [0.15, 0.2) is 51.8 Å². The molecule has 6 nitrogen and oxygen atoms in total. The van der Waals surface area contributed by atoms with Gasteiger partial charge < -0.3 is 14.6 Å². The number of nitrogens with one attached hydrogen (secondary N) is 1. The lowest BCUT2D eigenvalue weighted by atomic mass is 9.94. The molecule has 0 bridgehead atoms. The molecule has 9 heteroatoms. The maximum atomic E-state index is 12.6. The van der Waals surface area contributed by atoms with Gasteiger partial charge in [-0.2, -0.15) is 12.6 Å². The van der Waals surface area contributed by atoms with Crippen LogP contribution in [-0.2, 0) is 14.3 Å². The number of thiol groups is 1. The number of hydrogen-bond acceptors (Lipinski definition) is 7. The fourth-order valence-electron chi connectivity index (χ4n) is 2.73. The van der Waals surface area contributed by atoms with E-state index >= 15 is 0 Å². The highest BCUT2D eigenvalue weighted by Crippen LogP contribution is 2.36. The molecule has 2 rings (SSSR count). The summed E-state index contributed by atoms with van der Waals surface area (Å²) in [6, 6.07) is 12.3. The van der Waals surface area contributed by atoms with E-state index in [4.69, 9.17) is 9.47 Å². The van der Waals surface area contributed by atoms with Crippen molar-refractivity contribution in [1.82, 2.24) is 0 Å². The molecule has 162 valence electrons. The smallest absolute Gasteiger partial charge is 0.412 e. The first kappa shape index (κ1) is 24.4. The van der Waals surface area contributed by atoms with E-state index in [1.54, 1.807) is 36.0 Å². The number of phenolic OH excluding ortho intramolecular Hbond substituents is 1. The van der Waals surface area contributed by atoms with Crippen LogP contribution in [0, 0.1) is 5.92 Å². The Morgan fingerprint density at radius 1 is 1.23 bits per heavy atom. The lowest BCUT2D eigenvalue weighted by Gasteiger charge is -2.25. The Morgan fingerprint density at radius 3 is 2.57 bits per heavy atom. The number of amides is 1. The summed E-state index contributed by atoms with van der Waals surface area (Å²) < 4.78 is 11.5. The summed E-state index contributed by atoms with van der Waals surface area (Å²) in [5.74, 6) is -0.639. The van der Waals surface area contributed by atoms with Gasteiger partial charge in [0.25, 0.3) is 0 Å². The van der Waals surface area contributed by atoms with Gasteiger partial charge in [0.1, 0.15) is 11.9 Å². The van der Waals surface area contributed by atoms with Crippen LogP contribution in [0.3, 0.4) is 0 Å². The molecule has 2 aromatic carbocycles. The fraction of sp³-hybridized carbons (Fsp3) is 0.333. The lowest BCUT2D eigenvalue weighted by molar-refractivity contribution is -0.141. The number of thioether (sulfide) groups is 1. The normalized spacial score (nSPS) is 12.7. The van der Waals surface area contributed by atoms with Crippen molar-refractivity contribution in [2.75, 3.05) is 23.9 Å². The van der Waals surface area contributed by atoms with E-state index in [0.29, 0.717) is 17.7 Å². The molecule has 2 atom stereocenters. The third-order valence-corrected chi connectivity index (χ3v) is 5.84. The molecule has 0 aliphatic rings. The van der Waals surface area contributed by atoms with E-state index in [9.17, 15) is 14.7 Å². The average Bonchev–Trinajstić information content (AvgIpc) is 2.74. The highest BCUT2D eigenvalue weighted by Gasteiger charge is 2.27. The standard InChI is InChI=1S/C21H24BrNO5S2/c1-13(9-10-27-19(25)12-29)20(17-11-14(22)3-8-18(17)24)28-21(26)23-15-4-6-16(30-2)7-5-15/h3-8,11,13,20,24,29H,9-10,12H2,1-2H3,(H,23,26)/t13-,20+/m1/s1. The number of halogens is 1. The van der Waals surface area contributed by atoms with Crippen molar-refractivity contribution in [1.29, 1.82) is 0 Å². The van der Waals surface area contributed by atoms with Crippen molar-refractivity contribution in [3.05, 3.63) is 52.5 Å². The number of rotatable bonds is 9. The number of benzene rings is 2. The van der Waals surface area contributed by atoms with Crippen molar-refractivity contribution in [3.8, 4) is 5.75 Å². The third-order valence-electron chi connectivity index (χ3n) is 4.35. The minimum atomic E-state index is -0.748. The summed E-state index contributed by atoms with van der Waals surface area (Å²) >= 11 is 8.86. The topological polar surface area (TPSA) is 84.9 Å². The molecule has 0 aliphatic carbocycles. The fourth-order valence-corrected chi connectivity index (χ4v) is 3.61. The quantitative estimate of drug-likeness (QED) is 0.227. The average molecular weight is 514 g/mol. The van der Waals surface area contributed by atoms with Gasteiger partial charge in [0.2, 0.25) is 0 Å². The van der Waals surface area contributed by atoms with Crippen LogP contribution in [0.4, 0.5) is 10.5 Å². The maximum Gasteiger partial charge on any atom is 0.412 e. The van der Waals surface area contributed by atoms with Crippen LogP contribution in [0.1, 0.15) is 25.0 Å². The molecule has 0 unspecified atom stereocenters. The summed E-state index contributed by atoms with van der Waals surface area (Å²) in [5, 5.41) is 13.0. The Balaban J connectivity index is 2.14. The van der Waals surface area contributed by atoms with E-state index in [2.05, 4.69) is 33.9 Å². The van der Waals surface area contributed by atoms with Gasteiger partial charge in [0.05, 0.1) is 12.4 Å². The minimum Gasteiger partial charge on any atom is -0.508 e. The zero-order valence-corrected chi connectivity index (χ0v) is 19.9. The van der Waals surface area contributed by atoms with Crippen molar-refractivity contribution in [2.24, 2.45) is 5.92 Å². The SMILES string of the molecule is CSc1ccc(NC(=O)O[C@H](c2cc(Br)ccc2O)[C@H](C)CCOC(=O)CS)cc1. The van der Waals surface area contributed by atoms with Crippen molar-refractivity contribution in [2.45, 2.75) is 24.3 Å². The second-order valence-corrected chi connectivity index (χ2v) is 8.64. The first-order valence-corrected chi connectivity index (χ1v) is 11.9. The van der Waals surface area contributed by atoms with Gasteiger partial charge in [-0.15, -0.1) is 11.8 Å². The van der Waals surface area contributed by atoms with E-state index < -0.39 is 18.2 Å². The molecule has 0 spiro atoms. The number of phenols is 1. The second kappa shape index (κ2) is 12.1. The van der Waals surface area contributed by atoms with Crippen molar-refractivity contribution in [3.63, 3.8) is 0 Å². The predicted octanol–water partition coefficient (Wildman–Crippen LogP) is 5.67. The molecule has 2 N–H and O–H groups in total. The highest BCUT2D eigenvalue weighted by molar-refractivity contribution is 9.10. The highest BCUT2D eigenvalue weighted by atomic mass is 79.9. The van der Waals surface area contributed by atoms with Crippen LogP contribution in [0.2, 0.25) is 0 Å². The molecule has 0 saturated carbocycles. The summed E-state index contributed by atoms with van der Waals surface area (Å²) in [7, 11) is 0. The van der Waals surface area contributed by atoms with E-state index in [1.165, 1.54) is 6.07 Å². The van der Waals surface area contributed by atoms with E-state index in [1.807, 2.05) is 25.3 Å². The molecule has 1 amide bonds. The molecular weight excluding hydrogens is 490 g/mol. The summed E-state index contributed by atoms with van der Waals surface area (Å²) in [6.07, 6.45) is 1.02. The Bertz CT molecular complexity index is 863. The van der Waals surface area contributed by atoms with Crippen LogP contribution in [-0.4, -0.2) is 35.8 Å². The molecule has 0 radical (unpaired) electrons. The first-order valence-electron chi connectivity index (χ1n) is 9.20. The van der Waals surface area contributed by atoms with Crippen LogP contribution in [0.25, 0.3) is 0 Å². The molecule has 0 saturated heterocycles. The Hall–Kier alpha value is -1.84. The van der Waals surface area contributed by atoms with Crippen LogP contribution < -0.4 is 5.32 Å². The van der Waals surface area contributed by atoms with Gasteiger partial charge in [0, 0.05) is 26.5 Å². The molecule has 30 heavy (non-hydrogen) atoms. The molecular formula is C21H24BrNO5S2. The number of hydrogen-bond donors (Lipinski definition) is 3. The largest absolute Gasteiger partial charge is 0.508 e. The zero-order chi connectivity index (χ0) is 22.1. The van der Waals surface area contributed by atoms with E-state index in [0.717, 1.165) is 9.37 Å². The number of carbonyl (C=O) groups is 2. The van der Waals surface area contributed by atoms with Crippen LogP contribution in [0.5, 0.6) is 5.75 Å². The van der Waals surface area contributed by atoms with E-state index in [-0.39, 0.29) is 24.0 Å². The number of esters is 1. The molecule has 0 aromatic heterocycles. The van der Waals surface area contributed by atoms with Crippen molar-refractivity contribution < 1.29 is 24.2 Å². The zero-order valence-electron chi connectivity index (χ0n) is 16.6. The molecule has 0 fully saturated rings. The maximum absolute atomic E-state index is 12.6. The lowest BCUT2D eigenvalue weighted by Crippen LogP contribution is -2.23. The Morgan fingerprint density at radius 2 is 1.93 bits per heavy atom. The molecule has 0 heterocycles. The van der Waals surface area contributed by atoms with Crippen LogP contribution >= 0.6 is 40.3 Å². The Kier molecular flexibility index (Phi) is 9.87. The number of aromatic hydroxyl groups is 1. The van der Waals surface area contributed by atoms with Gasteiger partial charge >= 0.3 is 12.1 Å². The predicted molar refractivity (Wildman–Crippen MR) is 125 cm³/mol. The van der Waals surface area contributed by atoms with Gasteiger partial charge in [-0.3, -0.25) is 10.1 Å². The van der Waals surface area contributed by atoms with Gasteiger partial charge in [-0.05, 0) is 55.1 Å². The number of anilines is 1. The molecule has 0 aliphatic heterocycles. The minimum absolute atomic E-state index is 0.00152. The summed E-state index contributed by atoms with van der Waals surface area (Å²) in [6.45, 7) is 2.02. The van der Waals surface area contributed by atoms with Gasteiger partial charge in [-0.25, -0.2) is 4.79 Å². The van der Waals surface area contributed by atoms with Gasteiger partial charge in [-0.1, -0.05) is 22.9 Å². The first-order chi connectivity index (χ1) is 14.3. The number of ether oxygens (including phenoxy) is 2. The summed E-state index contributed by atoms with van der Waals surface area (Å²) in [4.78, 5) is 24.9. The van der Waals surface area contributed by atoms with Gasteiger partial charge in [0.15, 0.2) is 0 Å². The third kappa shape index (κ3) is 7.45. The molecule has 2 aromatic rings. The number of carbonyl (C=O) groups excluding carboxylic acids is 2. The monoisotopic (exact) mass is 513 g/mol. The summed E-state index contributed by atoms with van der Waals surface area (Å²) in [5.41, 5.74) is 1.07. The van der Waals surface area contributed by atoms with Crippen molar-refractivity contribution >= 4 is 58.1 Å². The Labute approximate surface area is 194 Å².